The van der Waals surface area contributed by atoms with Crippen molar-refractivity contribution in [3.8, 4) is 0 Å². The van der Waals surface area contributed by atoms with Crippen LogP contribution in [-0.4, -0.2) is 54.7 Å². The molecule has 0 aliphatic carbocycles. The van der Waals surface area contributed by atoms with Crippen molar-refractivity contribution in [2.45, 2.75) is 32.1 Å². The summed E-state index contributed by atoms with van der Waals surface area (Å²) in [7, 11) is 0. The summed E-state index contributed by atoms with van der Waals surface area (Å²) in [6.07, 6.45) is 3.14. The highest BCUT2D eigenvalue weighted by atomic mass is 19.1. The highest BCUT2D eigenvalue weighted by molar-refractivity contribution is 6.39. The Morgan fingerprint density at radius 2 is 1.66 bits per heavy atom. The van der Waals surface area contributed by atoms with Gasteiger partial charge in [0.2, 0.25) is 5.91 Å². The zero-order valence-electron chi connectivity index (χ0n) is 19.3. The Labute approximate surface area is 202 Å². The van der Waals surface area contributed by atoms with Crippen LogP contribution in [0.15, 0.2) is 36.4 Å². The van der Waals surface area contributed by atoms with E-state index >= 15 is 0 Å². The number of amides is 4. The second kappa shape index (κ2) is 9.48. The summed E-state index contributed by atoms with van der Waals surface area (Å²) in [4.78, 5) is 52.9. The predicted octanol–water partition coefficient (Wildman–Crippen LogP) is 2.27. The number of hydrogen-bond donors (Lipinski definition) is 2. The van der Waals surface area contributed by atoms with Gasteiger partial charge in [0.05, 0.1) is 11.3 Å². The number of likely N-dealkylation sites (tertiary alicyclic amines) is 1. The van der Waals surface area contributed by atoms with Gasteiger partial charge in [-0.1, -0.05) is 12.1 Å². The average Bonchev–Trinajstić information content (AvgIpc) is 3.30. The smallest absolute Gasteiger partial charge is 0.313 e. The Kier molecular flexibility index (Phi) is 6.23. The van der Waals surface area contributed by atoms with Crippen LogP contribution in [-0.2, 0) is 27.2 Å². The van der Waals surface area contributed by atoms with E-state index in [1.165, 1.54) is 12.1 Å². The minimum Gasteiger partial charge on any atom is -0.348 e. The topological polar surface area (TPSA) is 98.8 Å². The quantitative estimate of drug-likeness (QED) is 0.659. The molecule has 0 bridgehead atoms. The van der Waals surface area contributed by atoms with Crippen LogP contribution in [0.1, 0.15) is 40.7 Å². The number of nitrogens with one attached hydrogen (secondary N) is 2. The molecule has 9 heteroatoms. The highest BCUT2D eigenvalue weighted by Gasteiger charge is 2.32. The largest absolute Gasteiger partial charge is 0.348 e. The second-order valence-electron chi connectivity index (χ2n) is 9.32. The van der Waals surface area contributed by atoms with Crippen molar-refractivity contribution >= 4 is 35.0 Å². The van der Waals surface area contributed by atoms with Gasteiger partial charge in [-0.3, -0.25) is 19.2 Å². The van der Waals surface area contributed by atoms with E-state index in [0.29, 0.717) is 57.5 Å². The minimum absolute atomic E-state index is 0.0657. The van der Waals surface area contributed by atoms with E-state index in [4.69, 9.17) is 0 Å². The Morgan fingerprint density at radius 1 is 0.943 bits per heavy atom. The first-order valence-electron chi connectivity index (χ1n) is 12.0. The zero-order chi connectivity index (χ0) is 24.5. The summed E-state index contributed by atoms with van der Waals surface area (Å²) in [6, 6.07) is 9.62. The Morgan fingerprint density at radius 3 is 2.40 bits per heavy atom. The molecule has 0 unspecified atom stereocenters. The molecular weight excluding hydrogens is 451 g/mol. The van der Waals surface area contributed by atoms with Crippen LogP contribution in [0.4, 0.5) is 15.8 Å². The third-order valence-corrected chi connectivity index (χ3v) is 7.07. The normalized spacial score (nSPS) is 17.2. The van der Waals surface area contributed by atoms with Crippen molar-refractivity contribution in [1.29, 1.82) is 0 Å². The molecule has 8 nitrogen and oxygen atoms in total. The van der Waals surface area contributed by atoms with Gasteiger partial charge in [-0.25, -0.2) is 4.39 Å². The van der Waals surface area contributed by atoms with Gasteiger partial charge in [0.15, 0.2) is 0 Å². The SMILES string of the molecule is O=C(NCC1CCN(C(=O)c2ccccc2F)CC1)C(=O)Nc1cc2c3c(c1)CCN3C(=O)CC2. The number of carbonyl (C=O) groups excluding carboxylic acids is 4. The summed E-state index contributed by atoms with van der Waals surface area (Å²) in [6.45, 7) is 1.93. The third kappa shape index (κ3) is 4.62. The monoisotopic (exact) mass is 478 g/mol. The molecule has 1 saturated heterocycles. The number of nitrogens with zero attached hydrogens (tertiary/aromatic N) is 2. The van der Waals surface area contributed by atoms with Crippen LogP contribution in [0.25, 0.3) is 0 Å². The number of piperidine rings is 1. The lowest BCUT2D eigenvalue weighted by atomic mass is 9.96. The molecule has 0 saturated carbocycles. The van der Waals surface area contributed by atoms with E-state index in [2.05, 4.69) is 10.6 Å². The maximum Gasteiger partial charge on any atom is 0.313 e. The molecule has 0 atom stereocenters. The van der Waals surface area contributed by atoms with Gasteiger partial charge in [-0.15, -0.1) is 0 Å². The fraction of sp³-hybridized carbons (Fsp3) is 0.385. The number of aryl methyl sites for hydroxylation is 1. The molecule has 0 aromatic heterocycles. The van der Waals surface area contributed by atoms with Crippen molar-refractivity contribution in [3.63, 3.8) is 0 Å². The van der Waals surface area contributed by atoms with E-state index in [0.717, 1.165) is 23.2 Å². The lowest BCUT2D eigenvalue weighted by Gasteiger charge is -2.32. The summed E-state index contributed by atoms with van der Waals surface area (Å²) in [5.74, 6) is -2.03. The molecule has 3 aliphatic rings. The molecule has 4 amide bonds. The summed E-state index contributed by atoms with van der Waals surface area (Å²) >= 11 is 0. The number of hydrogen-bond acceptors (Lipinski definition) is 4. The summed E-state index contributed by atoms with van der Waals surface area (Å²) in [5.41, 5.74) is 3.63. The standard InChI is InChI=1S/C26H27FN4O4/c27-21-4-2-1-3-20(21)26(35)30-10-7-16(8-11-30)15-28-24(33)25(34)29-19-13-17-5-6-22(32)31-12-9-18(14-19)23(17)31/h1-4,13-14,16H,5-12,15H2,(H,28,33)(H,29,34). The van der Waals surface area contributed by atoms with Crippen molar-refractivity contribution in [2.75, 3.05) is 36.4 Å². The molecular formula is C26H27FN4O4. The minimum atomic E-state index is -0.731. The van der Waals surface area contributed by atoms with Crippen LogP contribution in [0.3, 0.4) is 0 Å². The molecule has 2 N–H and O–H groups in total. The van der Waals surface area contributed by atoms with Crippen LogP contribution >= 0.6 is 0 Å². The van der Waals surface area contributed by atoms with Crippen molar-refractivity contribution < 1.29 is 23.6 Å². The van der Waals surface area contributed by atoms with Crippen LogP contribution < -0.4 is 15.5 Å². The molecule has 2 aromatic carbocycles. The number of carbonyl (C=O) groups is 4. The first kappa shape index (κ1) is 23.0. The lowest BCUT2D eigenvalue weighted by molar-refractivity contribution is -0.136. The maximum atomic E-state index is 13.9. The van der Waals surface area contributed by atoms with E-state index < -0.39 is 17.6 Å². The van der Waals surface area contributed by atoms with Gasteiger partial charge in [0.1, 0.15) is 5.82 Å². The molecule has 0 radical (unpaired) electrons. The first-order chi connectivity index (χ1) is 16.9. The Balaban J connectivity index is 1.11. The lowest BCUT2D eigenvalue weighted by Crippen LogP contribution is -2.43. The van der Waals surface area contributed by atoms with Gasteiger partial charge in [-0.2, -0.15) is 0 Å². The maximum absolute atomic E-state index is 13.9. The van der Waals surface area contributed by atoms with Gasteiger partial charge in [-0.05, 0) is 67.0 Å². The number of benzene rings is 2. The zero-order valence-corrected chi connectivity index (χ0v) is 19.3. The van der Waals surface area contributed by atoms with Crippen LogP contribution in [0, 0.1) is 11.7 Å². The van der Waals surface area contributed by atoms with Gasteiger partial charge >= 0.3 is 11.8 Å². The molecule has 0 spiro atoms. The van der Waals surface area contributed by atoms with Crippen LogP contribution in [0.5, 0.6) is 0 Å². The molecule has 2 aromatic rings. The first-order valence-corrected chi connectivity index (χ1v) is 12.0. The van der Waals surface area contributed by atoms with E-state index in [1.54, 1.807) is 17.0 Å². The van der Waals surface area contributed by atoms with Gasteiger partial charge < -0.3 is 20.4 Å². The molecule has 182 valence electrons. The predicted molar refractivity (Wildman–Crippen MR) is 127 cm³/mol. The Hall–Kier alpha value is -3.75. The molecule has 3 heterocycles. The number of halogens is 1. The van der Waals surface area contributed by atoms with E-state index in [-0.39, 0.29) is 23.3 Å². The molecule has 35 heavy (non-hydrogen) atoms. The third-order valence-electron chi connectivity index (χ3n) is 7.07. The van der Waals surface area contributed by atoms with E-state index in [9.17, 15) is 23.6 Å². The van der Waals surface area contributed by atoms with Crippen molar-refractivity contribution in [2.24, 2.45) is 5.92 Å². The van der Waals surface area contributed by atoms with E-state index in [1.807, 2.05) is 17.0 Å². The van der Waals surface area contributed by atoms with Gasteiger partial charge in [0, 0.05) is 38.3 Å². The molecule has 1 fully saturated rings. The fourth-order valence-electron chi connectivity index (χ4n) is 5.18. The van der Waals surface area contributed by atoms with Gasteiger partial charge in [0.25, 0.3) is 5.91 Å². The number of anilines is 2. The van der Waals surface area contributed by atoms with Crippen molar-refractivity contribution in [3.05, 3.63) is 58.9 Å². The summed E-state index contributed by atoms with van der Waals surface area (Å²) in [5, 5.41) is 5.38. The number of rotatable bonds is 4. The highest BCUT2D eigenvalue weighted by Crippen LogP contribution is 2.38. The fourth-order valence-corrected chi connectivity index (χ4v) is 5.18. The van der Waals surface area contributed by atoms with Crippen LogP contribution in [0.2, 0.25) is 0 Å². The second-order valence-corrected chi connectivity index (χ2v) is 9.32. The average molecular weight is 479 g/mol. The summed E-state index contributed by atoms with van der Waals surface area (Å²) < 4.78 is 13.9. The Bertz CT molecular complexity index is 1210. The van der Waals surface area contributed by atoms with Crippen molar-refractivity contribution in [1.82, 2.24) is 10.2 Å². The molecule has 5 rings (SSSR count). The molecule has 3 aliphatic heterocycles.